The van der Waals surface area contributed by atoms with E-state index >= 15 is 0 Å². The highest BCUT2D eigenvalue weighted by Crippen LogP contribution is 2.05. The lowest BCUT2D eigenvalue weighted by Crippen LogP contribution is -1.93. The van der Waals surface area contributed by atoms with Gasteiger partial charge in [-0.15, -0.1) is 0 Å². The Balaban J connectivity index is 1.97. The van der Waals surface area contributed by atoms with Gasteiger partial charge in [0.2, 0.25) is 0 Å². The zero-order valence-corrected chi connectivity index (χ0v) is 10.3. The van der Waals surface area contributed by atoms with E-state index in [0.717, 1.165) is 5.56 Å². The maximum atomic E-state index is 12.7. The smallest absolute Gasteiger partial charge is 0.185 e. The van der Waals surface area contributed by atoms with Gasteiger partial charge in [0.15, 0.2) is 5.78 Å². The van der Waals surface area contributed by atoms with Gasteiger partial charge < -0.3 is 0 Å². The first-order chi connectivity index (χ1) is 9.25. The molecule has 0 aliphatic carbocycles. The number of ketones is 1. The average Bonchev–Trinajstić information content (AvgIpc) is 2.45. The number of hydrogen-bond donors (Lipinski definition) is 0. The quantitative estimate of drug-likeness (QED) is 0.451. The summed E-state index contributed by atoms with van der Waals surface area (Å²) in [4.78, 5) is 11.7. The second-order valence-corrected chi connectivity index (χ2v) is 4.00. The van der Waals surface area contributed by atoms with Gasteiger partial charge in [-0.1, -0.05) is 48.6 Å². The van der Waals surface area contributed by atoms with E-state index in [4.69, 9.17) is 0 Å². The van der Waals surface area contributed by atoms with E-state index in [1.807, 2.05) is 36.4 Å². The molecule has 0 aromatic heterocycles. The van der Waals surface area contributed by atoms with Crippen molar-refractivity contribution in [3.8, 4) is 0 Å². The molecular weight excluding hydrogens is 239 g/mol. The number of halogens is 1. The van der Waals surface area contributed by atoms with Gasteiger partial charge in [0, 0.05) is 5.56 Å². The summed E-state index contributed by atoms with van der Waals surface area (Å²) < 4.78 is 12.7. The number of hydrogen-bond acceptors (Lipinski definition) is 1. The SMILES string of the molecule is O=C(/C=C/C=C\c1ccccc1)c1ccc(F)cc1. The van der Waals surface area contributed by atoms with Crippen LogP contribution in [0.3, 0.4) is 0 Å². The Kier molecular flexibility index (Phi) is 4.40. The maximum Gasteiger partial charge on any atom is 0.185 e. The van der Waals surface area contributed by atoms with Crippen molar-refractivity contribution in [3.63, 3.8) is 0 Å². The summed E-state index contributed by atoms with van der Waals surface area (Å²) in [6.07, 6.45) is 6.86. The summed E-state index contributed by atoms with van der Waals surface area (Å²) in [5.74, 6) is -0.484. The molecule has 1 nitrogen and oxygen atoms in total. The molecule has 0 spiro atoms. The molecule has 0 radical (unpaired) electrons. The maximum absolute atomic E-state index is 12.7. The van der Waals surface area contributed by atoms with Crippen LogP contribution < -0.4 is 0 Å². The molecule has 0 saturated heterocycles. The average molecular weight is 252 g/mol. The lowest BCUT2D eigenvalue weighted by atomic mass is 10.1. The molecule has 0 unspecified atom stereocenters. The molecule has 0 amide bonds. The molecule has 2 aromatic carbocycles. The molecule has 94 valence electrons. The van der Waals surface area contributed by atoms with Crippen molar-refractivity contribution in [2.45, 2.75) is 0 Å². The van der Waals surface area contributed by atoms with Crippen LogP contribution in [0.5, 0.6) is 0 Å². The first-order valence-corrected chi connectivity index (χ1v) is 5.95. The standard InChI is InChI=1S/C17H13FO/c18-16-12-10-15(11-13-16)17(19)9-5-4-8-14-6-2-1-3-7-14/h1-13H/b8-4-,9-5+. The van der Waals surface area contributed by atoms with Crippen molar-refractivity contribution in [2.75, 3.05) is 0 Å². The highest BCUT2D eigenvalue weighted by molar-refractivity contribution is 6.04. The fraction of sp³-hybridized carbons (Fsp3) is 0. The minimum atomic E-state index is -0.343. The summed E-state index contributed by atoms with van der Waals surface area (Å²) in [6, 6.07) is 15.3. The molecule has 0 aliphatic heterocycles. The van der Waals surface area contributed by atoms with Crippen molar-refractivity contribution in [1.82, 2.24) is 0 Å². The predicted molar refractivity (Wildman–Crippen MR) is 75.3 cm³/mol. The van der Waals surface area contributed by atoms with Gasteiger partial charge in [0.1, 0.15) is 5.82 Å². The molecule has 2 rings (SSSR count). The molecule has 0 atom stereocenters. The number of carbonyl (C=O) groups is 1. The summed E-state index contributed by atoms with van der Waals surface area (Å²) >= 11 is 0. The van der Waals surface area contributed by atoms with Gasteiger partial charge >= 0.3 is 0 Å². The Morgan fingerprint density at radius 3 is 2.26 bits per heavy atom. The predicted octanol–water partition coefficient (Wildman–Crippen LogP) is 4.28. The largest absolute Gasteiger partial charge is 0.289 e. The number of rotatable bonds is 4. The number of benzene rings is 2. The fourth-order valence-electron chi connectivity index (χ4n) is 1.58. The van der Waals surface area contributed by atoms with Crippen LogP contribution in [0.1, 0.15) is 15.9 Å². The molecule has 0 bridgehead atoms. The monoisotopic (exact) mass is 252 g/mol. The van der Waals surface area contributed by atoms with E-state index in [-0.39, 0.29) is 11.6 Å². The van der Waals surface area contributed by atoms with Gasteiger partial charge in [0.05, 0.1) is 0 Å². The second-order valence-electron chi connectivity index (χ2n) is 4.00. The van der Waals surface area contributed by atoms with Crippen molar-refractivity contribution in [1.29, 1.82) is 0 Å². The molecule has 0 N–H and O–H groups in total. The third-order valence-electron chi connectivity index (χ3n) is 2.58. The Morgan fingerprint density at radius 2 is 1.58 bits per heavy atom. The Hall–Kier alpha value is -2.48. The van der Waals surface area contributed by atoms with Gasteiger partial charge in [-0.05, 0) is 35.9 Å². The lowest BCUT2D eigenvalue weighted by Gasteiger charge is -1.94. The van der Waals surface area contributed by atoms with Crippen LogP contribution in [0, 0.1) is 5.82 Å². The van der Waals surface area contributed by atoms with Crippen LogP contribution in [-0.2, 0) is 0 Å². The van der Waals surface area contributed by atoms with Crippen LogP contribution >= 0.6 is 0 Å². The molecular formula is C17H13FO. The van der Waals surface area contributed by atoms with Crippen molar-refractivity contribution in [2.24, 2.45) is 0 Å². The first kappa shape index (κ1) is 13.0. The second kappa shape index (κ2) is 6.45. The number of allylic oxidation sites excluding steroid dienone is 3. The van der Waals surface area contributed by atoms with Gasteiger partial charge in [-0.2, -0.15) is 0 Å². The normalized spacial score (nSPS) is 11.2. The summed E-state index contributed by atoms with van der Waals surface area (Å²) in [6.45, 7) is 0. The third kappa shape index (κ3) is 4.03. The summed E-state index contributed by atoms with van der Waals surface area (Å²) in [5, 5.41) is 0. The van der Waals surface area contributed by atoms with Gasteiger partial charge in [0.25, 0.3) is 0 Å². The Bertz CT molecular complexity index is 595. The molecule has 0 aliphatic rings. The molecule has 0 heterocycles. The Labute approximate surface area is 111 Å². The molecule has 19 heavy (non-hydrogen) atoms. The molecule has 2 aromatic rings. The zero-order chi connectivity index (χ0) is 13.5. The fourth-order valence-corrected chi connectivity index (χ4v) is 1.58. The van der Waals surface area contributed by atoms with Gasteiger partial charge in [-0.3, -0.25) is 4.79 Å². The molecule has 2 heteroatoms. The van der Waals surface area contributed by atoms with E-state index in [1.54, 1.807) is 12.2 Å². The van der Waals surface area contributed by atoms with E-state index in [1.165, 1.54) is 30.3 Å². The summed E-state index contributed by atoms with van der Waals surface area (Å²) in [5.41, 5.74) is 1.55. The number of carbonyl (C=O) groups excluding carboxylic acids is 1. The van der Waals surface area contributed by atoms with E-state index in [9.17, 15) is 9.18 Å². The van der Waals surface area contributed by atoms with Crippen LogP contribution in [0.4, 0.5) is 4.39 Å². The Morgan fingerprint density at radius 1 is 0.895 bits per heavy atom. The minimum Gasteiger partial charge on any atom is -0.289 e. The van der Waals surface area contributed by atoms with E-state index in [2.05, 4.69) is 0 Å². The highest BCUT2D eigenvalue weighted by Gasteiger charge is 2.00. The van der Waals surface area contributed by atoms with Crippen molar-refractivity contribution < 1.29 is 9.18 Å². The highest BCUT2D eigenvalue weighted by atomic mass is 19.1. The summed E-state index contributed by atoms with van der Waals surface area (Å²) in [7, 11) is 0. The van der Waals surface area contributed by atoms with Crippen molar-refractivity contribution >= 4 is 11.9 Å². The first-order valence-electron chi connectivity index (χ1n) is 5.95. The molecule has 0 saturated carbocycles. The van der Waals surface area contributed by atoms with Crippen LogP contribution in [-0.4, -0.2) is 5.78 Å². The zero-order valence-electron chi connectivity index (χ0n) is 10.3. The van der Waals surface area contributed by atoms with Crippen LogP contribution in [0.25, 0.3) is 6.08 Å². The van der Waals surface area contributed by atoms with Crippen LogP contribution in [0.15, 0.2) is 72.8 Å². The van der Waals surface area contributed by atoms with E-state index in [0.29, 0.717) is 5.56 Å². The molecule has 0 fully saturated rings. The third-order valence-corrected chi connectivity index (χ3v) is 2.58. The van der Waals surface area contributed by atoms with Gasteiger partial charge in [-0.25, -0.2) is 4.39 Å². The minimum absolute atomic E-state index is 0.141. The lowest BCUT2D eigenvalue weighted by molar-refractivity contribution is 0.104. The topological polar surface area (TPSA) is 17.1 Å². The van der Waals surface area contributed by atoms with Crippen LogP contribution in [0.2, 0.25) is 0 Å². The van der Waals surface area contributed by atoms with Crippen molar-refractivity contribution in [3.05, 3.63) is 89.8 Å². The van der Waals surface area contributed by atoms with E-state index < -0.39 is 0 Å².